The van der Waals surface area contributed by atoms with E-state index < -0.39 is 5.66 Å². The molecule has 0 aliphatic carbocycles. The maximum absolute atomic E-state index is 11.8. The van der Waals surface area contributed by atoms with E-state index in [1.807, 2.05) is 11.8 Å². The topological polar surface area (TPSA) is 109 Å². The van der Waals surface area contributed by atoms with E-state index >= 15 is 0 Å². The summed E-state index contributed by atoms with van der Waals surface area (Å²) in [5.41, 5.74) is 4.89. The molecule has 2 aliphatic rings. The second-order valence-electron chi connectivity index (χ2n) is 6.45. The van der Waals surface area contributed by atoms with Crippen LogP contribution in [0.25, 0.3) is 0 Å². The Balaban J connectivity index is 1.59. The molecule has 2 heterocycles. The van der Waals surface area contributed by atoms with Gasteiger partial charge in [-0.2, -0.15) is 11.8 Å². The molecule has 24 heavy (non-hydrogen) atoms. The third kappa shape index (κ3) is 4.86. The predicted octanol–water partition coefficient (Wildman–Crippen LogP) is 0.986. The highest BCUT2D eigenvalue weighted by Crippen LogP contribution is 2.40. The highest BCUT2D eigenvalue weighted by molar-refractivity contribution is 8.00. The van der Waals surface area contributed by atoms with Crippen molar-refractivity contribution >= 4 is 30.4 Å². The third-order valence-electron chi connectivity index (χ3n) is 4.65. The Morgan fingerprint density at radius 3 is 2.96 bits per heavy atom. The van der Waals surface area contributed by atoms with Crippen molar-refractivity contribution in [2.75, 3.05) is 18.8 Å². The van der Waals surface area contributed by atoms with Gasteiger partial charge in [0.05, 0.1) is 6.04 Å². The number of nitrogens with zero attached hydrogens (tertiary/aromatic N) is 1. The molecule has 7 nitrogen and oxygen atoms in total. The molecule has 0 saturated carbocycles. The maximum Gasteiger partial charge on any atom is 0.317 e. The molecule has 0 aromatic heterocycles. The number of aliphatic imine (C=N–C) groups is 1. The van der Waals surface area contributed by atoms with Gasteiger partial charge in [-0.3, -0.25) is 9.79 Å². The van der Waals surface area contributed by atoms with Gasteiger partial charge in [-0.25, -0.2) is 4.79 Å². The van der Waals surface area contributed by atoms with Gasteiger partial charge in [0.1, 0.15) is 0 Å². The van der Waals surface area contributed by atoms with Crippen molar-refractivity contribution in [2.45, 2.75) is 61.9 Å². The predicted molar refractivity (Wildman–Crippen MR) is 98.4 cm³/mol. The van der Waals surface area contributed by atoms with Gasteiger partial charge in [0.25, 0.3) is 0 Å². The first-order valence-corrected chi connectivity index (χ1v) is 9.81. The number of nitrogens with one attached hydrogen (secondary N) is 3. The molecule has 2 aliphatic heterocycles. The lowest BCUT2D eigenvalue weighted by atomic mass is 9.98. The average Bonchev–Trinajstić information content (AvgIpc) is 3.06. The van der Waals surface area contributed by atoms with Gasteiger partial charge in [0, 0.05) is 24.0 Å². The summed E-state index contributed by atoms with van der Waals surface area (Å²) in [5.74, 6) is 0.883. The van der Waals surface area contributed by atoms with Crippen LogP contribution in [-0.2, 0) is 4.79 Å². The van der Waals surface area contributed by atoms with E-state index in [1.165, 1.54) is 0 Å². The summed E-state index contributed by atoms with van der Waals surface area (Å²) in [5, 5.41) is 9.12. The minimum Gasteiger partial charge on any atom is -0.356 e. The van der Waals surface area contributed by atoms with Gasteiger partial charge < -0.3 is 21.7 Å². The lowest BCUT2D eigenvalue weighted by Crippen LogP contribution is -2.48. The quantitative estimate of drug-likeness (QED) is 0.252. The molecule has 0 aromatic carbocycles. The first-order valence-electron chi connectivity index (χ1n) is 8.76. The Kier molecular flexibility index (Phi) is 7.36. The van der Waals surface area contributed by atoms with Crippen LogP contribution in [-0.4, -0.2) is 54.5 Å². The van der Waals surface area contributed by atoms with Gasteiger partial charge in [-0.1, -0.05) is 12.8 Å². The Morgan fingerprint density at radius 1 is 1.38 bits per heavy atom. The van der Waals surface area contributed by atoms with Crippen LogP contribution in [0.15, 0.2) is 4.99 Å². The number of hydrogen-bond acceptors (Lipinski definition) is 5. The van der Waals surface area contributed by atoms with Crippen molar-refractivity contribution in [3.05, 3.63) is 0 Å². The smallest absolute Gasteiger partial charge is 0.317 e. The van der Waals surface area contributed by atoms with Crippen LogP contribution < -0.4 is 21.7 Å². The Morgan fingerprint density at radius 2 is 2.21 bits per heavy atom. The number of carbonyl (C=O) groups is 2. The molecule has 0 aromatic rings. The van der Waals surface area contributed by atoms with Crippen molar-refractivity contribution in [1.29, 1.82) is 0 Å². The van der Waals surface area contributed by atoms with Gasteiger partial charge in [-0.05, 0) is 38.9 Å². The molecule has 136 valence electrons. The summed E-state index contributed by atoms with van der Waals surface area (Å²) in [6, 6.07) is -0.157. The summed E-state index contributed by atoms with van der Waals surface area (Å²) in [6.45, 7) is 5.09. The number of nitrogens with two attached hydrogens (primary N) is 1. The lowest BCUT2D eigenvalue weighted by molar-refractivity contribution is -0.121. The fraction of sp³-hybridized carbons (Fsp3) is 0.812. The van der Waals surface area contributed by atoms with Crippen LogP contribution in [0.4, 0.5) is 4.79 Å². The van der Waals surface area contributed by atoms with Gasteiger partial charge >= 0.3 is 6.03 Å². The van der Waals surface area contributed by atoms with Crippen molar-refractivity contribution < 1.29 is 9.59 Å². The molecule has 2 rings (SSSR count). The number of unbranched alkanes of at least 4 members (excludes halogenated alkanes) is 3. The summed E-state index contributed by atoms with van der Waals surface area (Å²) in [7, 11) is 0. The van der Waals surface area contributed by atoms with E-state index in [0.717, 1.165) is 50.8 Å². The molecule has 5 N–H and O–H groups in total. The number of thioether (sulfide) groups is 1. The Labute approximate surface area is 148 Å². The van der Waals surface area contributed by atoms with E-state index in [1.54, 1.807) is 0 Å². The first-order chi connectivity index (χ1) is 11.6. The fourth-order valence-corrected chi connectivity index (χ4v) is 4.88. The molecular weight excluding hydrogens is 326 g/mol. The summed E-state index contributed by atoms with van der Waals surface area (Å²) >= 11 is 1.82. The minimum absolute atomic E-state index is 0.00358. The van der Waals surface area contributed by atoms with Crippen molar-refractivity contribution in [3.63, 3.8) is 0 Å². The summed E-state index contributed by atoms with van der Waals surface area (Å²) < 4.78 is 0. The van der Waals surface area contributed by atoms with Crippen LogP contribution in [0.5, 0.6) is 0 Å². The van der Waals surface area contributed by atoms with Crippen molar-refractivity contribution in [2.24, 2.45) is 10.7 Å². The highest BCUT2D eigenvalue weighted by Gasteiger charge is 2.54. The van der Waals surface area contributed by atoms with Crippen LogP contribution in [0.3, 0.4) is 0 Å². The second-order valence-corrected chi connectivity index (χ2v) is 7.68. The molecular formula is C16H29N5O2S. The fourth-order valence-electron chi connectivity index (χ4n) is 3.25. The molecule has 1 unspecified atom stereocenters. The third-order valence-corrected chi connectivity index (χ3v) is 6.19. The first kappa shape index (κ1) is 19.1. The SMILES string of the molecule is C=N[C@]12CSC(CCCCC(=O)NCCCCCN)[C@H]1NC(=O)N2. The number of rotatable bonds is 11. The number of urea groups is 1. The van der Waals surface area contributed by atoms with Crippen LogP contribution >= 0.6 is 11.8 Å². The Hall–Kier alpha value is -1.28. The zero-order chi connectivity index (χ0) is 17.4. The Bertz CT molecular complexity index is 462. The van der Waals surface area contributed by atoms with Crippen molar-refractivity contribution in [3.8, 4) is 0 Å². The van der Waals surface area contributed by atoms with Gasteiger partial charge in [0.2, 0.25) is 5.91 Å². The molecule has 2 fully saturated rings. The molecule has 3 amide bonds. The number of carbonyl (C=O) groups excluding carboxylic acids is 2. The molecule has 0 spiro atoms. The largest absolute Gasteiger partial charge is 0.356 e. The van der Waals surface area contributed by atoms with E-state index in [0.29, 0.717) is 18.2 Å². The van der Waals surface area contributed by atoms with E-state index in [4.69, 9.17) is 5.73 Å². The minimum atomic E-state index is -0.548. The van der Waals surface area contributed by atoms with Crippen LogP contribution in [0, 0.1) is 0 Å². The summed E-state index contributed by atoms with van der Waals surface area (Å²) in [4.78, 5) is 27.5. The molecule has 8 heteroatoms. The van der Waals surface area contributed by atoms with Gasteiger partial charge in [0.15, 0.2) is 5.66 Å². The average molecular weight is 356 g/mol. The van der Waals surface area contributed by atoms with Gasteiger partial charge in [-0.15, -0.1) is 0 Å². The second kappa shape index (κ2) is 9.27. The van der Waals surface area contributed by atoms with Crippen molar-refractivity contribution in [1.82, 2.24) is 16.0 Å². The van der Waals surface area contributed by atoms with Crippen LogP contribution in [0.1, 0.15) is 44.9 Å². The monoisotopic (exact) mass is 355 g/mol. The molecule has 3 atom stereocenters. The normalized spacial score (nSPS) is 28.1. The zero-order valence-electron chi connectivity index (χ0n) is 14.2. The van der Waals surface area contributed by atoms with E-state index in [2.05, 4.69) is 27.7 Å². The molecule has 0 radical (unpaired) electrons. The van der Waals surface area contributed by atoms with E-state index in [-0.39, 0.29) is 18.0 Å². The maximum atomic E-state index is 11.8. The summed E-state index contributed by atoms with van der Waals surface area (Å²) in [6.07, 6.45) is 6.45. The van der Waals surface area contributed by atoms with Crippen LogP contribution in [0.2, 0.25) is 0 Å². The highest BCUT2D eigenvalue weighted by atomic mass is 32.2. The lowest BCUT2D eigenvalue weighted by Gasteiger charge is -2.23. The van der Waals surface area contributed by atoms with E-state index in [9.17, 15) is 9.59 Å². The zero-order valence-corrected chi connectivity index (χ0v) is 15.0. The standard InChI is InChI=1S/C16H29N5O2S/c1-18-16-11-24-12(14(16)20-15(23)21-16)7-3-4-8-13(22)19-10-6-2-5-9-17/h12,14H,1-11,17H2,(H,19,22)(H2,20,21,23)/t12?,14-,16+/m1/s1. The molecule has 2 saturated heterocycles. The number of hydrogen-bond donors (Lipinski definition) is 4. The number of amides is 3. The number of fused-ring (bicyclic) bond motifs is 1. The molecule has 0 bridgehead atoms.